The van der Waals surface area contributed by atoms with Crippen molar-refractivity contribution < 1.29 is 28.9 Å². The van der Waals surface area contributed by atoms with Crippen molar-refractivity contribution in [3.8, 4) is 5.75 Å². The molecule has 2 saturated heterocycles. The van der Waals surface area contributed by atoms with Gasteiger partial charge < -0.3 is 19.8 Å². The van der Waals surface area contributed by atoms with Gasteiger partial charge in [-0.05, 0) is 42.3 Å². The van der Waals surface area contributed by atoms with E-state index in [2.05, 4.69) is 20.8 Å². The van der Waals surface area contributed by atoms with Gasteiger partial charge in [0.05, 0.1) is 30.4 Å². The van der Waals surface area contributed by atoms with E-state index in [4.69, 9.17) is 4.74 Å². The number of aliphatic hydroxyl groups excluding tert-OH is 1. The first kappa shape index (κ1) is 23.4. The Hall–Kier alpha value is -2.75. The summed E-state index contributed by atoms with van der Waals surface area (Å²) in [6.07, 6.45) is 0.598. The van der Waals surface area contributed by atoms with Crippen molar-refractivity contribution >= 4 is 33.4 Å². The molecule has 1 atom stereocenters. The molecule has 174 valence electrons. The largest absolute Gasteiger partial charge is 0.507 e. The quantitative estimate of drug-likeness (QED) is 0.346. The number of carbonyl (C=O) groups excluding carboxylic acids is 2. The van der Waals surface area contributed by atoms with Crippen molar-refractivity contribution in [1.29, 1.82) is 0 Å². The number of amides is 1. The van der Waals surface area contributed by atoms with Gasteiger partial charge in [0.15, 0.2) is 0 Å². The van der Waals surface area contributed by atoms with Crippen LogP contribution >= 0.6 is 15.9 Å². The Labute approximate surface area is 199 Å². The molecule has 2 aliphatic heterocycles. The molecule has 33 heavy (non-hydrogen) atoms. The van der Waals surface area contributed by atoms with Gasteiger partial charge >= 0.3 is 0 Å². The average Bonchev–Trinajstić information content (AvgIpc) is 3.06. The number of nitrogens with zero attached hydrogens (tertiary/aromatic N) is 2. The minimum atomic E-state index is -0.969. The highest BCUT2D eigenvalue weighted by atomic mass is 79.9. The number of ketones is 1. The Kier molecular flexibility index (Phi) is 7.11. The molecule has 2 fully saturated rings. The molecule has 2 aliphatic rings. The van der Waals surface area contributed by atoms with Crippen LogP contribution in [0.5, 0.6) is 5.75 Å². The predicted octanol–water partition coefficient (Wildman–Crippen LogP) is 3.44. The SMILES string of the molecule is O=C1C(=O)N(CCCN2CCOCC2)[C@@H](c2cccc(F)c2)C1=C(O)c1cc(Br)ccc1O. The summed E-state index contributed by atoms with van der Waals surface area (Å²) in [4.78, 5) is 29.6. The molecule has 0 bridgehead atoms. The average molecular weight is 519 g/mol. The summed E-state index contributed by atoms with van der Waals surface area (Å²) in [6.45, 7) is 3.88. The summed E-state index contributed by atoms with van der Waals surface area (Å²) >= 11 is 3.28. The van der Waals surface area contributed by atoms with Gasteiger partial charge in [0.1, 0.15) is 17.3 Å². The van der Waals surface area contributed by atoms with E-state index in [0.717, 1.165) is 13.1 Å². The van der Waals surface area contributed by atoms with Crippen LogP contribution < -0.4 is 0 Å². The van der Waals surface area contributed by atoms with E-state index in [0.29, 0.717) is 36.2 Å². The van der Waals surface area contributed by atoms with Crippen LogP contribution in [0.1, 0.15) is 23.6 Å². The summed E-state index contributed by atoms with van der Waals surface area (Å²) < 4.78 is 20.0. The number of benzene rings is 2. The van der Waals surface area contributed by atoms with Gasteiger partial charge in [-0.2, -0.15) is 0 Å². The highest BCUT2D eigenvalue weighted by Gasteiger charge is 2.46. The third-order valence-corrected chi connectivity index (χ3v) is 6.39. The fourth-order valence-electron chi connectivity index (χ4n) is 4.27. The van der Waals surface area contributed by atoms with Gasteiger partial charge in [-0.15, -0.1) is 0 Å². The molecule has 9 heteroatoms. The first-order chi connectivity index (χ1) is 15.9. The Morgan fingerprint density at radius 2 is 1.88 bits per heavy atom. The lowest BCUT2D eigenvalue weighted by Crippen LogP contribution is -2.39. The molecular formula is C24H24BrFN2O5. The normalized spacial score (nSPS) is 21.0. The van der Waals surface area contributed by atoms with Crippen LogP contribution in [0.3, 0.4) is 0 Å². The number of hydrogen-bond acceptors (Lipinski definition) is 6. The first-order valence-electron chi connectivity index (χ1n) is 10.7. The third-order valence-electron chi connectivity index (χ3n) is 5.90. The first-order valence-corrected chi connectivity index (χ1v) is 11.5. The number of phenolic OH excluding ortho intramolecular Hbond substituents is 1. The number of halogens is 2. The Morgan fingerprint density at radius 3 is 2.61 bits per heavy atom. The van der Waals surface area contributed by atoms with Gasteiger partial charge in [0, 0.05) is 30.7 Å². The minimum absolute atomic E-state index is 0.0112. The smallest absolute Gasteiger partial charge is 0.295 e. The van der Waals surface area contributed by atoms with E-state index in [1.807, 2.05) is 0 Å². The summed E-state index contributed by atoms with van der Waals surface area (Å²) in [6, 6.07) is 9.07. The maximum Gasteiger partial charge on any atom is 0.295 e. The fourth-order valence-corrected chi connectivity index (χ4v) is 4.63. The maximum atomic E-state index is 14.1. The van der Waals surface area contributed by atoms with E-state index in [1.54, 1.807) is 12.1 Å². The molecule has 0 aliphatic carbocycles. The number of hydrogen-bond donors (Lipinski definition) is 2. The molecule has 0 spiro atoms. The number of likely N-dealkylation sites (tertiary alicyclic amines) is 1. The van der Waals surface area contributed by atoms with Gasteiger partial charge in [-0.1, -0.05) is 28.1 Å². The maximum absolute atomic E-state index is 14.1. The standard InChI is InChI=1S/C24H24BrFN2O5/c25-16-5-6-19(29)18(14-16)22(30)20-21(15-3-1-4-17(26)13-15)28(24(32)23(20)31)8-2-7-27-9-11-33-12-10-27/h1,3-6,13-14,21,29-30H,2,7-12H2/t21-/m0/s1. The molecule has 2 heterocycles. The number of rotatable bonds is 6. The third kappa shape index (κ3) is 4.95. The summed E-state index contributed by atoms with van der Waals surface area (Å²) in [5, 5.41) is 21.3. The van der Waals surface area contributed by atoms with Crippen LogP contribution in [0.25, 0.3) is 5.76 Å². The summed E-state index contributed by atoms with van der Waals surface area (Å²) in [5.74, 6) is -2.89. The zero-order chi connectivity index (χ0) is 23.5. The van der Waals surface area contributed by atoms with Gasteiger partial charge in [-0.3, -0.25) is 14.5 Å². The number of ether oxygens (including phenoxy) is 1. The molecule has 0 saturated carbocycles. The second kappa shape index (κ2) is 10.0. The number of phenols is 1. The molecule has 4 rings (SSSR count). The van der Waals surface area contributed by atoms with E-state index < -0.39 is 29.3 Å². The zero-order valence-corrected chi connectivity index (χ0v) is 19.4. The molecule has 2 N–H and O–H groups in total. The Balaban J connectivity index is 1.71. The Morgan fingerprint density at radius 1 is 1.12 bits per heavy atom. The zero-order valence-electron chi connectivity index (χ0n) is 17.8. The van der Waals surface area contributed by atoms with E-state index in [9.17, 15) is 24.2 Å². The summed E-state index contributed by atoms with van der Waals surface area (Å²) in [5.41, 5.74) is 0.207. The fraction of sp³-hybridized carbons (Fsp3) is 0.333. The molecule has 0 aromatic heterocycles. The van der Waals surface area contributed by atoms with Crippen LogP contribution in [0.4, 0.5) is 4.39 Å². The lowest BCUT2D eigenvalue weighted by atomic mass is 9.95. The number of aromatic hydroxyl groups is 1. The molecule has 7 nitrogen and oxygen atoms in total. The molecular weight excluding hydrogens is 495 g/mol. The van der Waals surface area contributed by atoms with Crippen LogP contribution in [-0.2, 0) is 14.3 Å². The second-order valence-electron chi connectivity index (χ2n) is 8.02. The van der Waals surface area contributed by atoms with Crippen LogP contribution in [-0.4, -0.2) is 71.1 Å². The Bertz CT molecular complexity index is 1100. The minimum Gasteiger partial charge on any atom is -0.507 e. The second-order valence-corrected chi connectivity index (χ2v) is 8.93. The lowest BCUT2D eigenvalue weighted by molar-refractivity contribution is -0.140. The summed E-state index contributed by atoms with van der Waals surface area (Å²) in [7, 11) is 0. The number of aliphatic hydroxyl groups is 1. The van der Waals surface area contributed by atoms with Gasteiger partial charge in [0.2, 0.25) is 0 Å². The van der Waals surface area contributed by atoms with Crippen LogP contribution in [0, 0.1) is 5.82 Å². The highest BCUT2D eigenvalue weighted by molar-refractivity contribution is 9.10. The van der Waals surface area contributed by atoms with Crippen molar-refractivity contribution in [2.75, 3.05) is 39.4 Å². The number of morpholine rings is 1. The van der Waals surface area contributed by atoms with Crippen molar-refractivity contribution in [1.82, 2.24) is 9.80 Å². The number of Topliss-reactive ketones (excluding diaryl/α,β-unsaturated/α-hetero) is 1. The predicted molar refractivity (Wildman–Crippen MR) is 123 cm³/mol. The van der Waals surface area contributed by atoms with Crippen molar-refractivity contribution in [3.63, 3.8) is 0 Å². The molecule has 2 aromatic carbocycles. The van der Waals surface area contributed by atoms with Crippen molar-refractivity contribution in [2.24, 2.45) is 0 Å². The molecule has 0 radical (unpaired) electrons. The van der Waals surface area contributed by atoms with Crippen LogP contribution in [0.15, 0.2) is 52.5 Å². The molecule has 0 unspecified atom stereocenters. The molecule has 2 aromatic rings. The van der Waals surface area contributed by atoms with Gasteiger partial charge in [-0.25, -0.2) is 4.39 Å². The van der Waals surface area contributed by atoms with Crippen molar-refractivity contribution in [2.45, 2.75) is 12.5 Å². The lowest BCUT2D eigenvalue weighted by Gasteiger charge is -2.29. The van der Waals surface area contributed by atoms with E-state index >= 15 is 0 Å². The van der Waals surface area contributed by atoms with Gasteiger partial charge in [0.25, 0.3) is 11.7 Å². The van der Waals surface area contributed by atoms with E-state index in [-0.39, 0.29) is 23.4 Å². The van der Waals surface area contributed by atoms with Crippen LogP contribution in [0.2, 0.25) is 0 Å². The highest BCUT2D eigenvalue weighted by Crippen LogP contribution is 2.41. The monoisotopic (exact) mass is 518 g/mol. The number of carbonyl (C=O) groups is 2. The van der Waals surface area contributed by atoms with Crippen molar-refractivity contribution in [3.05, 3.63) is 69.5 Å². The molecule has 1 amide bonds. The topological polar surface area (TPSA) is 90.3 Å². The van der Waals surface area contributed by atoms with E-state index in [1.165, 1.54) is 35.2 Å².